The monoisotopic (exact) mass is 354 g/mol. The highest BCUT2D eigenvalue weighted by Crippen LogP contribution is 2.36. The van der Waals surface area contributed by atoms with Crippen molar-refractivity contribution in [3.63, 3.8) is 0 Å². The summed E-state index contributed by atoms with van der Waals surface area (Å²) in [5.74, 6) is 0.551. The molecule has 0 radical (unpaired) electrons. The van der Waals surface area contributed by atoms with E-state index in [0.717, 1.165) is 37.2 Å². The van der Waals surface area contributed by atoms with E-state index in [1.54, 1.807) is 11.3 Å². The number of amides is 1. The number of aromatic nitrogens is 1. The maximum atomic E-state index is 13.1. The summed E-state index contributed by atoms with van der Waals surface area (Å²) < 4.78 is 0. The Bertz CT molecular complexity index is 740. The van der Waals surface area contributed by atoms with E-state index in [1.807, 2.05) is 6.07 Å². The lowest BCUT2D eigenvalue weighted by Gasteiger charge is -2.38. The van der Waals surface area contributed by atoms with Crippen molar-refractivity contribution >= 4 is 17.2 Å². The molecule has 132 valence electrons. The van der Waals surface area contributed by atoms with Gasteiger partial charge in [-0.25, -0.2) is 4.98 Å². The summed E-state index contributed by atoms with van der Waals surface area (Å²) >= 11 is 1.78. The lowest BCUT2D eigenvalue weighted by molar-refractivity contribution is -0.139. The van der Waals surface area contributed by atoms with Crippen LogP contribution in [0.3, 0.4) is 0 Å². The molecule has 0 saturated carbocycles. The Morgan fingerprint density at radius 3 is 2.88 bits per heavy atom. The topological polar surface area (TPSA) is 33.2 Å². The highest BCUT2D eigenvalue weighted by molar-refractivity contribution is 7.15. The van der Waals surface area contributed by atoms with Gasteiger partial charge < -0.3 is 4.90 Å². The van der Waals surface area contributed by atoms with Crippen LogP contribution in [0, 0.1) is 5.92 Å². The minimum Gasteiger partial charge on any atom is -0.339 e. The SMILES string of the molecule is CCC1CCCCN1C(=O)C1CCc2nc(-c3ccccc3)sc2C1. The number of hydrogen-bond acceptors (Lipinski definition) is 3. The smallest absolute Gasteiger partial charge is 0.226 e. The van der Waals surface area contributed by atoms with E-state index in [0.29, 0.717) is 11.9 Å². The number of hydrogen-bond donors (Lipinski definition) is 0. The number of carbonyl (C=O) groups excluding carboxylic acids is 1. The summed E-state index contributed by atoms with van der Waals surface area (Å²) in [6, 6.07) is 10.9. The number of carbonyl (C=O) groups is 1. The summed E-state index contributed by atoms with van der Waals surface area (Å²) in [6.45, 7) is 3.17. The number of nitrogens with zero attached hydrogens (tertiary/aromatic N) is 2. The minimum absolute atomic E-state index is 0.156. The summed E-state index contributed by atoms with van der Waals surface area (Å²) in [7, 11) is 0. The van der Waals surface area contributed by atoms with Crippen molar-refractivity contribution in [3.05, 3.63) is 40.9 Å². The highest BCUT2D eigenvalue weighted by Gasteiger charge is 2.34. The zero-order valence-electron chi connectivity index (χ0n) is 14.9. The molecule has 1 aliphatic heterocycles. The van der Waals surface area contributed by atoms with Gasteiger partial charge in [0.05, 0.1) is 5.69 Å². The van der Waals surface area contributed by atoms with Crippen molar-refractivity contribution in [1.82, 2.24) is 9.88 Å². The van der Waals surface area contributed by atoms with Gasteiger partial charge in [0.15, 0.2) is 0 Å². The molecule has 2 aliphatic rings. The molecule has 2 heterocycles. The van der Waals surface area contributed by atoms with E-state index in [9.17, 15) is 4.79 Å². The number of piperidine rings is 1. The number of aryl methyl sites for hydroxylation is 1. The molecule has 3 nitrogen and oxygen atoms in total. The fraction of sp³-hybridized carbons (Fsp3) is 0.524. The second-order valence-corrected chi connectivity index (χ2v) is 8.37. The molecule has 0 spiro atoms. The first-order valence-corrected chi connectivity index (χ1v) is 10.4. The normalized spacial score (nSPS) is 23.3. The molecule has 1 aromatic carbocycles. The van der Waals surface area contributed by atoms with Crippen LogP contribution in [-0.4, -0.2) is 28.4 Å². The third kappa shape index (κ3) is 3.37. The summed E-state index contributed by atoms with van der Waals surface area (Å²) in [6.07, 6.45) is 7.48. The molecule has 1 fully saturated rings. The summed E-state index contributed by atoms with van der Waals surface area (Å²) in [5, 5.41) is 1.10. The molecule has 4 heteroatoms. The van der Waals surface area contributed by atoms with E-state index < -0.39 is 0 Å². The molecule has 2 aromatic rings. The second kappa shape index (κ2) is 7.28. The van der Waals surface area contributed by atoms with E-state index >= 15 is 0 Å². The predicted molar refractivity (Wildman–Crippen MR) is 103 cm³/mol. The Balaban J connectivity index is 1.51. The third-order valence-corrected chi connectivity index (χ3v) is 6.86. The Morgan fingerprint density at radius 1 is 1.24 bits per heavy atom. The average Bonchev–Trinajstić information content (AvgIpc) is 3.11. The zero-order valence-corrected chi connectivity index (χ0v) is 15.7. The van der Waals surface area contributed by atoms with E-state index in [1.165, 1.54) is 35.4 Å². The average molecular weight is 355 g/mol. The van der Waals surface area contributed by atoms with Crippen molar-refractivity contribution in [2.24, 2.45) is 5.92 Å². The number of thiazole rings is 1. The molecule has 2 atom stereocenters. The quantitative estimate of drug-likeness (QED) is 0.800. The lowest BCUT2D eigenvalue weighted by atomic mass is 9.88. The Hall–Kier alpha value is -1.68. The number of likely N-dealkylation sites (tertiary alicyclic amines) is 1. The van der Waals surface area contributed by atoms with Crippen LogP contribution in [0.2, 0.25) is 0 Å². The van der Waals surface area contributed by atoms with E-state index in [-0.39, 0.29) is 5.92 Å². The van der Waals surface area contributed by atoms with Crippen molar-refractivity contribution in [3.8, 4) is 10.6 Å². The van der Waals surface area contributed by atoms with Gasteiger partial charge in [0.25, 0.3) is 0 Å². The van der Waals surface area contributed by atoms with Crippen LogP contribution in [-0.2, 0) is 17.6 Å². The van der Waals surface area contributed by atoms with Crippen LogP contribution in [0.1, 0.15) is 49.6 Å². The van der Waals surface area contributed by atoms with Crippen molar-refractivity contribution in [2.75, 3.05) is 6.54 Å². The van der Waals surface area contributed by atoms with Crippen LogP contribution in [0.5, 0.6) is 0 Å². The molecular formula is C21H26N2OS. The molecule has 1 aliphatic carbocycles. The minimum atomic E-state index is 0.156. The molecule has 1 saturated heterocycles. The fourth-order valence-corrected chi connectivity index (χ4v) is 5.43. The Morgan fingerprint density at radius 2 is 2.08 bits per heavy atom. The van der Waals surface area contributed by atoms with Gasteiger partial charge in [0.1, 0.15) is 5.01 Å². The van der Waals surface area contributed by atoms with Gasteiger partial charge in [-0.2, -0.15) is 0 Å². The molecular weight excluding hydrogens is 328 g/mol. The molecule has 0 bridgehead atoms. The molecule has 1 aromatic heterocycles. The van der Waals surface area contributed by atoms with Crippen molar-refractivity contribution in [2.45, 2.75) is 57.9 Å². The fourth-order valence-electron chi connectivity index (χ4n) is 4.24. The molecule has 4 rings (SSSR count). The second-order valence-electron chi connectivity index (χ2n) is 7.28. The maximum absolute atomic E-state index is 13.1. The van der Waals surface area contributed by atoms with E-state index in [2.05, 4.69) is 36.1 Å². The first-order chi connectivity index (χ1) is 12.3. The zero-order chi connectivity index (χ0) is 17.2. The number of rotatable bonds is 3. The van der Waals surface area contributed by atoms with Gasteiger partial charge in [0.2, 0.25) is 5.91 Å². The molecule has 25 heavy (non-hydrogen) atoms. The highest BCUT2D eigenvalue weighted by atomic mass is 32.1. The maximum Gasteiger partial charge on any atom is 0.226 e. The first-order valence-electron chi connectivity index (χ1n) is 9.60. The summed E-state index contributed by atoms with van der Waals surface area (Å²) in [5.41, 5.74) is 2.41. The third-order valence-electron chi connectivity index (χ3n) is 5.69. The van der Waals surface area contributed by atoms with Crippen LogP contribution < -0.4 is 0 Å². The summed E-state index contributed by atoms with van der Waals surface area (Å²) in [4.78, 5) is 21.5. The van der Waals surface area contributed by atoms with Gasteiger partial charge in [-0.15, -0.1) is 11.3 Å². The van der Waals surface area contributed by atoms with Gasteiger partial charge in [0, 0.05) is 28.9 Å². The molecule has 0 N–H and O–H groups in total. The molecule has 1 amide bonds. The largest absolute Gasteiger partial charge is 0.339 e. The van der Waals surface area contributed by atoms with Gasteiger partial charge in [-0.05, 0) is 44.9 Å². The number of fused-ring (bicyclic) bond motifs is 1. The van der Waals surface area contributed by atoms with Crippen molar-refractivity contribution in [1.29, 1.82) is 0 Å². The first kappa shape index (κ1) is 16.8. The Labute approximate surface area is 154 Å². The molecule has 2 unspecified atom stereocenters. The lowest BCUT2D eigenvalue weighted by Crippen LogP contribution is -2.47. The van der Waals surface area contributed by atoms with Crippen LogP contribution in [0.15, 0.2) is 30.3 Å². The van der Waals surface area contributed by atoms with E-state index in [4.69, 9.17) is 4.98 Å². The number of benzene rings is 1. The Kier molecular flexibility index (Phi) is 4.89. The van der Waals surface area contributed by atoms with Crippen molar-refractivity contribution < 1.29 is 4.79 Å². The van der Waals surface area contributed by atoms with Crippen LogP contribution in [0.4, 0.5) is 0 Å². The van der Waals surface area contributed by atoms with Gasteiger partial charge in [-0.1, -0.05) is 37.3 Å². The van der Waals surface area contributed by atoms with Crippen LogP contribution in [0.25, 0.3) is 10.6 Å². The predicted octanol–water partition coefficient (Wildman–Crippen LogP) is 4.71. The van der Waals surface area contributed by atoms with Crippen LogP contribution >= 0.6 is 11.3 Å². The van der Waals surface area contributed by atoms with Gasteiger partial charge in [-0.3, -0.25) is 4.79 Å². The standard InChI is InChI=1S/C21H26N2OS/c1-2-17-10-6-7-13-23(17)21(24)16-11-12-18-19(14-16)25-20(22-18)15-8-4-3-5-9-15/h3-5,8-9,16-17H,2,6-7,10-14H2,1H3. The van der Waals surface area contributed by atoms with Gasteiger partial charge >= 0.3 is 0 Å².